The molecule has 4 rings (SSSR count). The molecule has 12 nitrogen and oxygen atoms in total. The van der Waals surface area contributed by atoms with E-state index in [-0.39, 0.29) is 29.5 Å². The average Bonchev–Trinajstić information content (AvgIpc) is 3.28. The number of nitrogens with one attached hydrogen (secondary N) is 2. The van der Waals surface area contributed by atoms with Crippen LogP contribution in [0.25, 0.3) is 10.4 Å². The van der Waals surface area contributed by atoms with Crippen LogP contribution in [0.1, 0.15) is 50.7 Å². The monoisotopic (exact) mass is 632 g/mol. The van der Waals surface area contributed by atoms with Gasteiger partial charge in [-0.2, -0.15) is 0 Å². The number of benzene rings is 2. The van der Waals surface area contributed by atoms with Gasteiger partial charge in [-0.25, -0.2) is 0 Å². The molecule has 0 saturated carbocycles. The lowest BCUT2D eigenvalue weighted by Gasteiger charge is -2.31. The number of carbonyl (C=O) groups excluding carboxylic acids is 4. The summed E-state index contributed by atoms with van der Waals surface area (Å²) in [4.78, 5) is 56.2. The Balaban J connectivity index is 0.000000251. The molecule has 0 spiro atoms. The van der Waals surface area contributed by atoms with Gasteiger partial charge in [-0.15, -0.1) is 0 Å². The molecule has 46 heavy (non-hydrogen) atoms. The van der Waals surface area contributed by atoms with E-state index in [1.165, 1.54) is 0 Å². The highest BCUT2D eigenvalue weighted by Gasteiger charge is 2.37. The lowest BCUT2D eigenvalue weighted by Crippen LogP contribution is -2.53. The number of nitrogens with two attached hydrogens (primary N) is 1. The molecule has 2 aromatic rings. The van der Waals surface area contributed by atoms with Crippen molar-refractivity contribution in [3.8, 4) is 0 Å². The van der Waals surface area contributed by atoms with Crippen molar-refractivity contribution in [1.82, 2.24) is 20.4 Å². The van der Waals surface area contributed by atoms with E-state index < -0.39 is 24.2 Å². The lowest BCUT2D eigenvalue weighted by molar-refractivity contribution is -0.140. The Hall–Kier alpha value is -4.41. The van der Waals surface area contributed by atoms with E-state index in [2.05, 4.69) is 27.6 Å². The van der Waals surface area contributed by atoms with Crippen LogP contribution in [0.5, 0.6) is 0 Å². The summed E-state index contributed by atoms with van der Waals surface area (Å²) >= 11 is 0. The van der Waals surface area contributed by atoms with E-state index in [4.69, 9.17) is 11.3 Å². The molecule has 2 heterocycles. The summed E-state index contributed by atoms with van der Waals surface area (Å²) in [6, 6.07) is 17.0. The predicted molar refractivity (Wildman–Crippen MR) is 177 cm³/mol. The fourth-order valence-electron chi connectivity index (χ4n) is 6.07. The van der Waals surface area contributed by atoms with Crippen LogP contribution < -0.4 is 16.4 Å². The summed E-state index contributed by atoms with van der Waals surface area (Å²) in [5.74, 6) is -0.0708. The van der Waals surface area contributed by atoms with Crippen molar-refractivity contribution in [2.24, 2.45) is 22.7 Å². The van der Waals surface area contributed by atoms with Crippen LogP contribution in [0.4, 0.5) is 0 Å². The highest BCUT2D eigenvalue weighted by Crippen LogP contribution is 2.24. The quantitative estimate of drug-likeness (QED) is 0.218. The van der Waals surface area contributed by atoms with Crippen molar-refractivity contribution in [3.05, 3.63) is 82.2 Å². The number of likely N-dealkylation sites (N-methyl/N-ethyl adjacent to an activating group) is 2. The van der Waals surface area contributed by atoms with Gasteiger partial charge in [0.15, 0.2) is 0 Å². The maximum Gasteiger partial charge on any atom is 0.242 e. The first-order valence-electron chi connectivity index (χ1n) is 16.0. The number of carbonyl (C=O) groups is 4. The number of azide groups is 1. The molecular formula is C34H48N8O4. The third-order valence-electron chi connectivity index (χ3n) is 8.76. The summed E-state index contributed by atoms with van der Waals surface area (Å²) < 4.78 is 0. The number of hydrogen-bond acceptors (Lipinski definition) is 6. The topological polar surface area (TPSA) is 174 Å². The average molecular weight is 633 g/mol. The van der Waals surface area contributed by atoms with Crippen molar-refractivity contribution in [2.75, 3.05) is 27.2 Å². The fourth-order valence-corrected chi connectivity index (χ4v) is 6.07. The van der Waals surface area contributed by atoms with Crippen LogP contribution in [0.3, 0.4) is 0 Å². The standard InChI is InChI=1S/C17H23N5O2.C17H25N3O2/c1-12-8-9-22(17(24)14(10-12)20-21-18)15(16(23)19-2)11-13-6-4-3-5-7-13;1-12-8-9-20(17(22)14(18)10-12)15(16(21)19-2)11-13-6-4-3-5-7-13/h3-7,12,14-15H,8-11H2,1-2H3,(H,19,23);3-7,12,14-15H,8-11,18H2,1-2H3,(H,19,21)/t2*12-,14-,15-/m00/s1. The van der Waals surface area contributed by atoms with Crippen LogP contribution in [0, 0.1) is 11.8 Å². The smallest absolute Gasteiger partial charge is 0.242 e. The van der Waals surface area contributed by atoms with Crippen molar-refractivity contribution >= 4 is 23.6 Å². The lowest BCUT2D eigenvalue weighted by atomic mass is 10.0. The minimum atomic E-state index is -0.740. The molecule has 248 valence electrons. The van der Waals surface area contributed by atoms with Gasteiger partial charge in [-0.1, -0.05) is 79.6 Å². The van der Waals surface area contributed by atoms with Gasteiger partial charge in [0.05, 0.1) is 6.04 Å². The second-order valence-electron chi connectivity index (χ2n) is 12.3. The second-order valence-corrected chi connectivity index (χ2v) is 12.3. The van der Waals surface area contributed by atoms with Gasteiger partial charge >= 0.3 is 0 Å². The molecule has 2 aromatic carbocycles. The number of hydrogen-bond donors (Lipinski definition) is 3. The van der Waals surface area contributed by atoms with E-state index in [1.807, 2.05) is 67.6 Å². The number of nitrogens with zero attached hydrogens (tertiary/aromatic N) is 5. The van der Waals surface area contributed by atoms with E-state index in [9.17, 15) is 19.2 Å². The molecule has 4 N–H and O–H groups in total. The van der Waals surface area contributed by atoms with Gasteiger partial charge in [-0.3, -0.25) is 19.2 Å². The second kappa shape index (κ2) is 17.9. The summed E-state index contributed by atoms with van der Waals surface area (Å²) in [7, 11) is 3.17. The zero-order valence-corrected chi connectivity index (χ0v) is 27.3. The molecule has 2 aliphatic rings. The Morgan fingerprint density at radius 2 is 1.26 bits per heavy atom. The molecule has 2 saturated heterocycles. The van der Waals surface area contributed by atoms with E-state index in [1.54, 1.807) is 23.9 Å². The molecule has 0 unspecified atom stereocenters. The number of likely N-dealkylation sites (tertiary alicyclic amines) is 2. The molecule has 12 heteroatoms. The number of amides is 4. The minimum absolute atomic E-state index is 0.117. The first kappa shape index (κ1) is 36.1. The molecular weight excluding hydrogens is 584 g/mol. The molecule has 0 radical (unpaired) electrons. The highest BCUT2D eigenvalue weighted by molar-refractivity contribution is 5.91. The van der Waals surface area contributed by atoms with Crippen LogP contribution in [-0.2, 0) is 32.0 Å². The first-order valence-corrected chi connectivity index (χ1v) is 16.0. The van der Waals surface area contributed by atoms with Gasteiger partial charge in [-0.05, 0) is 54.2 Å². The summed E-state index contributed by atoms with van der Waals surface area (Å²) in [5.41, 5.74) is 16.8. The summed E-state index contributed by atoms with van der Waals surface area (Å²) in [5, 5.41) is 8.98. The van der Waals surface area contributed by atoms with Crippen LogP contribution in [0.15, 0.2) is 65.8 Å². The van der Waals surface area contributed by atoms with Crippen molar-refractivity contribution in [1.29, 1.82) is 0 Å². The SMILES string of the molecule is CNC(=O)[C@H](Cc1ccccc1)N1CC[C@H](C)C[C@H](N)C1=O.CNC(=O)[C@H](Cc1ccccc1)N1CC[C@H](C)C[C@H](N=[N+]=[N-])C1=O. The normalized spacial score (nSPS) is 23.0. The van der Waals surface area contributed by atoms with E-state index >= 15 is 0 Å². The van der Waals surface area contributed by atoms with E-state index in [0.717, 1.165) is 24.0 Å². The third-order valence-corrected chi connectivity index (χ3v) is 8.76. The van der Waals surface area contributed by atoms with Crippen LogP contribution in [0.2, 0.25) is 0 Å². The Kier molecular flexibility index (Phi) is 14.0. The summed E-state index contributed by atoms with van der Waals surface area (Å²) in [6.07, 6.45) is 3.80. The van der Waals surface area contributed by atoms with Crippen molar-refractivity contribution in [3.63, 3.8) is 0 Å². The fraction of sp³-hybridized carbons (Fsp3) is 0.529. The van der Waals surface area contributed by atoms with Gasteiger partial charge in [0, 0.05) is 44.9 Å². The van der Waals surface area contributed by atoms with Gasteiger partial charge in [0.2, 0.25) is 23.6 Å². The van der Waals surface area contributed by atoms with Gasteiger partial charge < -0.3 is 26.2 Å². The minimum Gasteiger partial charge on any atom is -0.357 e. The maximum atomic E-state index is 12.8. The Morgan fingerprint density at radius 3 is 1.70 bits per heavy atom. The van der Waals surface area contributed by atoms with Crippen molar-refractivity contribution in [2.45, 2.75) is 76.5 Å². The summed E-state index contributed by atoms with van der Waals surface area (Å²) in [6.45, 7) is 5.20. The van der Waals surface area contributed by atoms with E-state index in [0.29, 0.717) is 44.7 Å². The molecule has 6 atom stereocenters. The van der Waals surface area contributed by atoms with Gasteiger partial charge in [0.1, 0.15) is 18.1 Å². The zero-order valence-electron chi connectivity index (χ0n) is 27.3. The third kappa shape index (κ3) is 10.1. The Morgan fingerprint density at radius 1 is 0.826 bits per heavy atom. The Bertz CT molecular complexity index is 1350. The molecule has 0 aromatic heterocycles. The number of rotatable bonds is 9. The predicted octanol–water partition coefficient (Wildman–Crippen LogP) is 3.21. The zero-order chi connectivity index (χ0) is 33.6. The largest absolute Gasteiger partial charge is 0.357 e. The first-order chi connectivity index (χ1) is 22.1. The maximum absolute atomic E-state index is 12.8. The van der Waals surface area contributed by atoms with Crippen LogP contribution >= 0.6 is 0 Å². The highest BCUT2D eigenvalue weighted by atomic mass is 16.2. The molecule has 0 bridgehead atoms. The molecule has 2 aliphatic heterocycles. The van der Waals surface area contributed by atoms with Crippen LogP contribution in [-0.4, -0.2) is 84.8 Å². The van der Waals surface area contributed by atoms with Crippen molar-refractivity contribution < 1.29 is 19.2 Å². The van der Waals surface area contributed by atoms with Gasteiger partial charge in [0.25, 0.3) is 0 Å². The Labute approximate surface area is 271 Å². The molecule has 4 amide bonds. The molecule has 2 fully saturated rings. The molecule has 0 aliphatic carbocycles.